The number of phenols is 1. The molecule has 6 heteroatoms. The second kappa shape index (κ2) is 3.49. The summed E-state index contributed by atoms with van der Waals surface area (Å²) < 4.78 is 0. The molecule has 0 bridgehead atoms. The molecule has 0 aliphatic heterocycles. The first kappa shape index (κ1) is 9.60. The summed E-state index contributed by atoms with van der Waals surface area (Å²) in [6.07, 6.45) is 0. The topological polar surface area (TPSA) is 75.4 Å². The van der Waals surface area contributed by atoms with Gasteiger partial charge in [-0.25, -0.2) is 0 Å². The van der Waals surface area contributed by atoms with E-state index in [1.807, 2.05) is 0 Å². The minimum atomic E-state index is -0.595. The van der Waals surface area contributed by atoms with Crippen molar-refractivity contribution >= 4 is 23.0 Å². The van der Waals surface area contributed by atoms with Crippen molar-refractivity contribution in [2.75, 3.05) is 12.4 Å². The molecule has 1 rings (SSSR count). The number of phenolic OH excluding ortho intramolecular Hbond substituents is 1. The molecule has 0 spiro atoms. The number of nitro groups is 1. The molecule has 0 fully saturated rings. The molecule has 0 heterocycles. The highest BCUT2D eigenvalue weighted by molar-refractivity contribution is 6.32. The van der Waals surface area contributed by atoms with Gasteiger partial charge in [0.1, 0.15) is 11.4 Å². The van der Waals surface area contributed by atoms with Crippen molar-refractivity contribution in [1.82, 2.24) is 0 Å². The van der Waals surface area contributed by atoms with Crippen molar-refractivity contribution in [1.29, 1.82) is 0 Å². The molecule has 0 aliphatic rings. The fourth-order valence-electron chi connectivity index (χ4n) is 0.902. The minimum Gasteiger partial charge on any atom is -0.506 e. The van der Waals surface area contributed by atoms with Crippen LogP contribution in [0, 0.1) is 10.1 Å². The number of benzene rings is 1. The van der Waals surface area contributed by atoms with E-state index in [1.165, 1.54) is 13.1 Å². The maximum atomic E-state index is 10.5. The van der Waals surface area contributed by atoms with E-state index in [0.29, 0.717) is 0 Å². The normalized spacial score (nSPS) is 9.69. The van der Waals surface area contributed by atoms with Crippen LogP contribution in [0.5, 0.6) is 5.75 Å². The number of halogens is 1. The first-order valence-electron chi connectivity index (χ1n) is 3.41. The van der Waals surface area contributed by atoms with Crippen molar-refractivity contribution in [2.45, 2.75) is 0 Å². The molecule has 0 atom stereocenters. The Bertz CT molecular complexity index is 354. The summed E-state index contributed by atoms with van der Waals surface area (Å²) in [4.78, 5) is 9.86. The SMILES string of the molecule is CNc1cc(Cl)c(O)cc1[N+](=O)[O-]. The largest absolute Gasteiger partial charge is 0.506 e. The lowest BCUT2D eigenvalue weighted by Gasteiger charge is -2.03. The van der Waals surface area contributed by atoms with Gasteiger partial charge in [-0.1, -0.05) is 11.6 Å². The first-order chi connectivity index (χ1) is 6.06. The van der Waals surface area contributed by atoms with Gasteiger partial charge < -0.3 is 10.4 Å². The Labute approximate surface area is 79.1 Å². The number of hydrogen-bond acceptors (Lipinski definition) is 4. The van der Waals surface area contributed by atoms with Gasteiger partial charge in [0.05, 0.1) is 16.0 Å². The molecule has 70 valence electrons. The van der Waals surface area contributed by atoms with Crippen LogP contribution in [0.25, 0.3) is 0 Å². The molecule has 0 aromatic heterocycles. The van der Waals surface area contributed by atoms with Crippen molar-refractivity contribution in [3.8, 4) is 5.75 Å². The minimum absolute atomic E-state index is 0.0787. The summed E-state index contributed by atoms with van der Waals surface area (Å²) in [7, 11) is 1.54. The standard InChI is InChI=1S/C7H7ClN2O3/c1-9-5-2-4(8)7(11)3-6(5)10(12)13/h2-3,9,11H,1H3. The first-order valence-corrected chi connectivity index (χ1v) is 3.78. The third-order valence-electron chi connectivity index (χ3n) is 1.53. The Morgan fingerprint density at radius 2 is 2.23 bits per heavy atom. The lowest BCUT2D eigenvalue weighted by Crippen LogP contribution is -1.96. The lowest BCUT2D eigenvalue weighted by atomic mass is 10.2. The second-order valence-corrected chi connectivity index (χ2v) is 2.74. The predicted molar refractivity (Wildman–Crippen MR) is 49.3 cm³/mol. The molecular formula is C7H7ClN2O3. The molecule has 1 aromatic carbocycles. The average Bonchev–Trinajstić information content (AvgIpc) is 2.08. The number of anilines is 1. The summed E-state index contributed by atoms with van der Waals surface area (Å²) in [5, 5.41) is 22.2. The zero-order valence-corrected chi connectivity index (χ0v) is 7.50. The van der Waals surface area contributed by atoms with Gasteiger partial charge in [-0.3, -0.25) is 10.1 Å². The molecule has 2 N–H and O–H groups in total. The van der Waals surface area contributed by atoms with Gasteiger partial charge in [-0.15, -0.1) is 0 Å². The lowest BCUT2D eigenvalue weighted by molar-refractivity contribution is -0.384. The van der Waals surface area contributed by atoms with E-state index < -0.39 is 4.92 Å². The number of nitro benzene ring substituents is 1. The third kappa shape index (κ3) is 1.81. The van der Waals surface area contributed by atoms with Gasteiger partial charge in [-0.2, -0.15) is 0 Å². The van der Waals surface area contributed by atoms with E-state index >= 15 is 0 Å². The number of hydrogen-bond donors (Lipinski definition) is 2. The highest BCUT2D eigenvalue weighted by atomic mass is 35.5. The van der Waals surface area contributed by atoms with Crippen LogP contribution in [-0.4, -0.2) is 17.1 Å². The zero-order chi connectivity index (χ0) is 10.0. The van der Waals surface area contributed by atoms with Crippen molar-refractivity contribution in [3.05, 3.63) is 27.3 Å². The summed E-state index contributed by atoms with van der Waals surface area (Å²) in [6, 6.07) is 2.31. The quantitative estimate of drug-likeness (QED) is 0.437. The molecule has 0 unspecified atom stereocenters. The maximum Gasteiger partial charge on any atom is 0.296 e. The van der Waals surface area contributed by atoms with Crippen LogP contribution in [0.15, 0.2) is 12.1 Å². The van der Waals surface area contributed by atoms with Crippen LogP contribution in [0.4, 0.5) is 11.4 Å². The van der Waals surface area contributed by atoms with Crippen LogP contribution < -0.4 is 5.32 Å². The Morgan fingerprint density at radius 1 is 1.62 bits per heavy atom. The highest BCUT2D eigenvalue weighted by Crippen LogP contribution is 2.34. The summed E-state index contributed by atoms with van der Waals surface area (Å²) >= 11 is 5.56. The molecule has 0 saturated carbocycles. The smallest absolute Gasteiger partial charge is 0.296 e. The Kier molecular flexibility index (Phi) is 2.57. The Hall–Kier alpha value is -1.49. The molecule has 0 radical (unpaired) electrons. The van der Waals surface area contributed by atoms with Crippen LogP contribution >= 0.6 is 11.6 Å². The highest BCUT2D eigenvalue weighted by Gasteiger charge is 2.15. The number of nitrogens with one attached hydrogen (secondary N) is 1. The predicted octanol–water partition coefficient (Wildman–Crippen LogP) is 2.00. The maximum absolute atomic E-state index is 10.5. The van der Waals surface area contributed by atoms with E-state index in [2.05, 4.69) is 5.32 Å². The van der Waals surface area contributed by atoms with Crippen LogP contribution in [-0.2, 0) is 0 Å². The van der Waals surface area contributed by atoms with Crippen LogP contribution in [0.3, 0.4) is 0 Å². The summed E-state index contributed by atoms with van der Waals surface area (Å²) in [6.45, 7) is 0. The third-order valence-corrected chi connectivity index (χ3v) is 1.83. The van der Waals surface area contributed by atoms with Crippen LogP contribution in [0.1, 0.15) is 0 Å². The van der Waals surface area contributed by atoms with E-state index in [1.54, 1.807) is 0 Å². The number of rotatable bonds is 2. The van der Waals surface area contributed by atoms with Gasteiger partial charge in [0.25, 0.3) is 5.69 Å². The summed E-state index contributed by atoms with van der Waals surface area (Å²) in [5.41, 5.74) is 0.0669. The van der Waals surface area contributed by atoms with Crippen molar-refractivity contribution < 1.29 is 10.0 Å². The van der Waals surface area contributed by atoms with E-state index in [-0.39, 0.29) is 22.1 Å². The molecule has 1 aromatic rings. The van der Waals surface area contributed by atoms with Gasteiger partial charge in [0.15, 0.2) is 0 Å². The Morgan fingerprint density at radius 3 is 2.69 bits per heavy atom. The van der Waals surface area contributed by atoms with E-state index in [4.69, 9.17) is 16.7 Å². The van der Waals surface area contributed by atoms with Gasteiger partial charge in [0.2, 0.25) is 0 Å². The Balaban J connectivity index is 3.33. The average molecular weight is 203 g/mol. The van der Waals surface area contributed by atoms with Gasteiger partial charge in [0, 0.05) is 7.05 Å². The number of aromatic hydroxyl groups is 1. The molecule has 0 amide bonds. The van der Waals surface area contributed by atoms with Gasteiger partial charge >= 0.3 is 0 Å². The fourth-order valence-corrected chi connectivity index (χ4v) is 1.07. The van der Waals surface area contributed by atoms with E-state index in [0.717, 1.165) is 6.07 Å². The zero-order valence-electron chi connectivity index (χ0n) is 6.74. The molecule has 0 aliphatic carbocycles. The summed E-state index contributed by atoms with van der Waals surface area (Å²) in [5.74, 6) is -0.299. The molecule has 5 nitrogen and oxygen atoms in total. The van der Waals surface area contributed by atoms with Gasteiger partial charge in [-0.05, 0) is 6.07 Å². The number of nitrogens with zero attached hydrogens (tertiary/aromatic N) is 1. The molecule has 13 heavy (non-hydrogen) atoms. The van der Waals surface area contributed by atoms with Crippen molar-refractivity contribution in [2.24, 2.45) is 0 Å². The second-order valence-electron chi connectivity index (χ2n) is 2.33. The molecule has 0 saturated heterocycles. The fraction of sp³-hybridized carbons (Fsp3) is 0.143. The van der Waals surface area contributed by atoms with E-state index in [9.17, 15) is 10.1 Å². The monoisotopic (exact) mass is 202 g/mol. The van der Waals surface area contributed by atoms with Crippen molar-refractivity contribution in [3.63, 3.8) is 0 Å². The van der Waals surface area contributed by atoms with Crippen LogP contribution in [0.2, 0.25) is 5.02 Å². The molecular weight excluding hydrogens is 196 g/mol.